The lowest BCUT2D eigenvalue weighted by Gasteiger charge is -2.22. The fraction of sp³-hybridized carbons (Fsp3) is 0.810. The van der Waals surface area contributed by atoms with Gasteiger partial charge in [-0.15, -0.1) is 0 Å². The SMILES string of the molecule is CCCCCCCCC=CCCCCCCCC(=O)N([PH2]=O)C(CO)C(=O)O. The first-order valence-corrected chi connectivity index (χ1v) is 11.8. The van der Waals surface area contributed by atoms with Gasteiger partial charge in [0.1, 0.15) is 0 Å². The number of hydrogen-bond donors (Lipinski definition) is 2. The molecule has 0 aromatic heterocycles. The molecule has 28 heavy (non-hydrogen) atoms. The van der Waals surface area contributed by atoms with E-state index < -0.39 is 33.1 Å². The largest absolute Gasteiger partial charge is 0.480 e. The van der Waals surface area contributed by atoms with Crippen LogP contribution in [0.25, 0.3) is 0 Å². The third-order valence-electron chi connectivity index (χ3n) is 4.85. The predicted octanol–water partition coefficient (Wildman–Crippen LogP) is 4.97. The van der Waals surface area contributed by atoms with E-state index in [0.717, 1.165) is 36.8 Å². The number of carbonyl (C=O) groups is 2. The second-order valence-electron chi connectivity index (χ2n) is 7.28. The van der Waals surface area contributed by atoms with Crippen LogP contribution in [0.15, 0.2) is 12.2 Å². The molecular weight excluding hydrogens is 377 g/mol. The van der Waals surface area contributed by atoms with Gasteiger partial charge in [0, 0.05) is 6.42 Å². The van der Waals surface area contributed by atoms with Crippen LogP contribution in [0.2, 0.25) is 0 Å². The van der Waals surface area contributed by atoms with E-state index in [9.17, 15) is 14.2 Å². The molecule has 0 aromatic carbocycles. The Kier molecular flexibility index (Phi) is 18.4. The molecule has 0 aliphatic heterocycles. The third kappa shape index (κ3) is 14.0. The Morgan fingerprint density at radius 2 is 1.39 bits per heavy atom. The van der Waals surface area contributed by atoms with Crippen molar-refractivity contribution in [2.24, 2.45) is 0 Å². The summed E-state index contributed by atoms with van der Waals surface area (Å²) in [6, 6.07) is -1.40. The Balaban J connectivity index is 3.63. The van der Waals surface area contributed by atoms with E-state index in [1.54, 1.807) is 0 Å². The van der Waals surface area contributed by atoms with E-state index >= 15 is 0 Å². The summed E-state index contributed by atoms with van der Waals surface area (Å²) >= 11 is 0. The molecule has 0 aliphatic rings. The van der Waals surface area contributed by atoms with Crippen LogP contribution < -0.4 is 0 Å². The number of carboxylic acids is 1. The fourth-order valence-corrected chi connectivity index (χ4v) is 3.68. The van der Waals surface area contributed by atoms with Crippen molar-refractivity contribution in [3.63, 3.8) is 0 Å². The summed E-state index contributed by atoms with van der Waals surface area (Å²) in [7, 11) is -1.70. The second-order valence-corrected chi connectivity index (χ2v) is 8.04. The zero-order chi connectivity index (χ0) is 21.0. The van der Waals surface area contributed by atoms with Crippen LogP contribution in [0.1, 0.15) is 96.8 Å². The van der Waals surface area contributed by atoms with E-state index in [2.05, 4.69) is 19.1 Å². The van der Waals surface area contributed by atoms with Gasteiger partial charge in [0.2, 0.25) is 5.91 Å². The molecule has 1 amide bonds. The van der Waals surface area contributed by atoms with E-state index in [1.807, 2.05) is 0 Å². The number of rotatable bonds is 19. The highest BCUT2D eigenvalue weighted by atomic mass is 31.1. The summed E-state index contributed by atoms with van der Waals surface area (Å²) < 4.78 is 11.9. The zero-order valence-corrected chi connectivity index (χ0v) is 18.6. The van der Waals surface area contributed by atoms with E-state index in [-0.39, 0.29) is 6.42 Å². The van der Waals surface area contributed by atoms with Gasteiger partial charge >= 0.3 is 5.97 Å². The summed E-state index contributed by atoms with van der Waals surface area (Å²) in [6.07, 6.45) is 19.8. The molecule has 0 bridgehead atoms. The van der Waals surface area contributed by atoms with Crippen LogP contribution in [0, 0.1) is 0 Å². The molecule has 0 spiro atoms. The summed E-state index contributed by atoms with van der Waals surface area (Å²) in [5.74, 6) is -1.78. The molecule has 0 radical (unpaired) electrons. The van der Waals surface area contributed by atoms with E-state index in [0.29, 0.717) is 6.42 Å². The molecule has 2 N–H and O–H groups in total. The number of amides is 1. The lowest BCUT2D eigenvalue weighted by atomic mass is 10.1. The van der Waals surface area contributed by atoms with E-state index in [1.165, 1.54) is 44.9 Å². The van der Waals surface area contributed by atoms with Gasteiger partial charge in [-0.25, -0.2) is 4.79 Å². The number of allylic oxidation sites excluding steroid dienone is 2. The molecule has 164 valence electrons. The lowest BCUT2D eigenvalue weighted by molar-refractivity contribution is -0.147. The monoisotopic (exact) mass is 417 g/mol. The van der Waals surface area contributed by atoms with Crippen LogP contribution in [-0.4, -0.2) is 39.4 Å². The molecule has 0 heterocycles. The van der Waals surface area contributed by atoms with Gasteiger partial charge in [0.25, 0.3) is 0 Å². The van der Waals surface area contributed by atoms with Gasteiger partial charge in [0.15, 0.2) is 14.7 Å². The second kappa shape index (κ2) is 19.2. The highest BCUT2D eigenvalue weighted by Gasteiger charge is 2.27. The number of unbranched alkanes of at least 4 members (excludes halogenated alkanes) is 11. The van der Waals surface area contributed by atoms with Crippen LogP contribution >= 0.6 is 8.61 Å². The van der Waals surface area contributed by atoms with Gasteiger partial charge < -0.3 is 14.8 Å². The van der Waals surface area contributed by atoms with Crippen molar-refractivity contribution in [2.75, 3.05) is 6.61 Å². The Morgan fingerprint density at radius 3 is 1.86 bits per heavy atom. The standard InChI is InChI=1S/C21H40NO5P/c1-2-3-4-5-6-7-8-9-10-11-12-13-14-15-16-17-20(24)22(28-27)19(18-23)21(25)26/h9-10,19,23H,2-8,11-18,28H2,1H3,(H,25,26). The number of aliphatic carboxylic acids is 1. The first-order valence-electron chi connectivity index (χ1n) is 10.8. The molecule has 6 nitrogen and oxygen atoms in total. The molecular formula is C21H40NO5P. The summed E-state index contributed by atoms with van der Waals surface area (Å²) in [4.78, 5) is 22.9. The normalized spacial score (nSPS) is 12.8. The van der Waals surface area contributed by atoms with Crippen LogP contribution in [0.5, 0.6) is 0 Å². The minimum Gasteiger partial charge on any atom is -0.480 e. The molecule has 0 aromatic rings. The first kappa shape index (κ1) is 26.9. The molecule has 0 rings (SSSR count). The van der Waals surface area contributed by atoms with Crippen molar-refractivity contribution < 1.29 is 24.4 Å². The van der Waals surface area contributed by atoms with Crippen LogP contribution in [0.4, 0.5) is 0 Å². The van der Waals surface area contributed by atoms with Gasteiger partial charge in [0.05, 0.1) is 6.61 Å². The van der Waals surface area contributed by atoms with Crippen molar-refractivity contribution in [2.45, 2.75) is 103 Å². The van der Waals surface area contributed by atoms with Crippen LogP contribution in [-0.2, 0) is 14.2 Å². The number of carbonyl (C=O) groups excluding carboxylic acids is 1. The number of aliphatic hydroxyl groups is 1. The molecule has 2 atom stereocenters. The molecule has 0 saturated heterocycles. The number of carboxylic acid groups (broad SMARTS) is 1. The van der Waals surface area contributed by atoms with Crippen molar-refractivity contribution in [3.8, 4) is 0 Å². The average Bonchev–Trinajstić information content (AvgIpc) is 2.68. The van der Waals surface area contributed by atoms with Gasteiger partial charge in [-0.05, 0) is 32.1 Å². The zero-order valence-electron chi connectivity index (χ0n) is 17.5. The molecule has 0 fully saturated rings. The quantitative estimate of drug-likeness (QED) is 0.176. The molecule has 7 heteroatoms. The molecule has 0 aliphatic carbocycles. The first-order chi connectivity index (χ1) is 13.6. The Bertz CT molecular complexity index is 456. The topological polar surface area (TPSA) is 94.9 Å². The highest BCUT2D eigenvalue weighted by Crippen LogP contribution is 2.16. The Hall–Kier alpha value is -1.13. The minimum atomic E-state index is -1.70. The van der Waals surface area contributed by atoms with Crippen molar-refractivity contribution in [3.05, 3.63) is 12.2 Å². The summed E-state index contributed by atoms with van der Waals surface area (Å²) in [5.41, 5.74) is 0. The minimum absolute atomic E-state index is 0.178. The summed E-state index contributed by atoms with van der Waals surface area (Å²) in [6.45, 7) is 1.52. The summed E-state index contributed by atoms with van der Waals surface area (Å²) in [5, 5.41) is 18.0. The third-order valence-corrected chi connectivity index (χ3v) is 5.72. The number of nitrogens with zero attached hydrogens (tertiary/aromatic N) is 1. The Morgan fingerprint density at radius 1 is 0.893 bits per heavy atom. The number of hydrogen-bond acceptors (Lipinski definition) is 4. The Labute approximate surface area is 171 Å². The van der Waals surface area contributed by atoms with Crippen molar-refractivity contribution in [1.29, 1.82) is 0 Å². The van der Waals surface area contributed by atoms with Gasteiger partial charge in [-0.1, -0.05) is 70.4 Å². The molecule has 2 unspecified atom stereocenters. The van der Waals surface area contributed by atoms with Crippen molar-refractivity contribution in [1.82, 2.24) is 4.67 Å². The number of aliphatic hydroxyl groups excluding tert-OH is 1. The fourth-order valence-electron chi connectivity index (χ4n) is 3.07. The predicted molar refractivity (Wildman–Crippen MR) is 115 cm³/mol. The maximum atomic E-state index is 12.0. The van der Waals surface area contributed by atoms with Crippen molar-refractivity contribution >= 4 is 20.5 Å². The van der Waals surface area contributed by atoms with Crippen LogP contribution in [0.3, 0.4) is 0 Å². The van der Waals surface area contributed by atoms with E-state index in [4.69, 9.17) is 10.2 Å². The van der Waals surface area contributed by atoms with Gasteiger partial charge in [-0.3, -0.25) is 9.46 Å². The van der Waals surface area contributed by atoms with Gasteiger partial charge in [-0.2, -0.15) is 0 Å². The maximum Gasteiger partial charge on any atom is 0.329 e. The smallest absolute Gasteiger partial charge is 0.329 e. The lowest BCUT2D eigenvalue weighted by Crippen LogP contribution is -2.41. The molecule has 0 saturated carbocycles. The maximum absolute atomic E-state index is 12.0. The average molecular weight is 418 g/mol. The highest BCUT2D eigenvalue weighted by molar-refractivity contribution is 7.22.